The molecule has 0 saturated heterocycles. The minimum atomic E-state index is -4.63. The minimum Gasteiger partial charge on any atom is -0.367 e. The number of hydrogen-bond acceptors (Lipinski definition) is 6. The molecule has 9 nitrogen and oxygen atoms in total. The third-order valence-electron chi connectivity index (χ3n) is 8.04. The van der Waals surface area contributed by atoms with Crippen LogP contribution >= 0.6 is 15.9 Å². The van der Waals surface area contributed by atoms with Crippen LogP contribution in [0.5, 0.6) is 0 Å². The van der Waals surface area contributed by atoms with Gasteiger partial charge in [0.15, 0.2) is 0 Å². The molecule has 1 N–H and O–H groups in total. The Morgan fingerprint density at radius 1 is 1.12 bits per heavy atom. The highest BCUT2D eigenvalue weighted by molar-refractivity contribution is 9.10. The predicted molar refractivity (Wildman–Crippen MR) is 158 cm³/mol. The van der Waals surface area contributed by atoms with Crippen LogP contribution in [0.3, 0.4) is 0 Å². The van der Waals surface area contributed by atoms with Gasteiger partial charge in [0.25, 0.3) is 11.5 Å². The van der Waals surface area contributed by atoms with Gasteiger partial charge in [0, 0.05) is 33.4 Å². The number of carbonyl (C=O) groups excluding carboxylic acids is 1. The van der Waals surface area contributed by atoms with E-state index < -0.39 is 23.7 Å². The minimum absolute atomic E-state index is 0.0440. The molecule has 224 valence electrons. The van der Waals surface area contributed by atoms with E-state index in [0.717, 1.165) is 36.1 Å². The maximum Gasteiger partial charge on any atom is 0.417 e. The Balaban J connectivity index is 1.41. The number of nitrogens with one attached hydrogen (secondary N) is 1. The van der Waals surface area contributed by atoms with Crippen LogP contribution in [0.15, 0.2) is 51.9 Å². The molecule has 43 heavy (non-hydrogen) atoms. The van der Waals surface area contributed by atoms with E-state index in [1.54, 1.807) is 17.8 Å². The number of amides is 1. The average molecular weight is 657 g/mol. The normalized spacial score (nSPS) is 17.0. The molecular formula is C30H29BrF3N7O2. The summed E-state index contributed by atoms with van der Waals surface area (Å²) in [5.41, 5.74) is 1.47. The number of carbonyl (C=O) groups is 1. The van der Waals surface area contributed by atoms with Crippen LogP contribution < -0.4 is 10.9 Å². The first-order chi connectivity index (χ1) is 20.4. The first kappa shape index (κ1) is 29.1. The zero-order valence-electron chi connectivity index (χ0n) is 23.7. The Morgan fingerprint density at radius 3 is 2.49 bits per heavy atom. The number of aryl methyl sites for hydroxylation is 2. The molecule has 1 aliphatic carbocycles. The highest BCUT2D eigenvalue weighted by Gasteiger charge is 2.36. The van der Waals surface area contributed by atoms with Gasteiger partial charge in [-0.25, -0.2) is 19.2 Å². The molecule has 0 unspecified atom stereocenters. The molecule has 1 saturated carbocycles. The maximum atomic E-state index is 14.1. The SMILES string of the molecule is Cc1cc(C)n(-c2nc3c(c(=O)n2-c2ccc(NC4CCC4)nc2)C[C@@H](C)N(C(=O)c2ccc(Br)c(C(F)(F)F)c2)C3)n1. The van der Waals surface area contributed by atoms with E-state index in [4.69, 9.17) is 4.98 Å². The summed E-state index contributed by atoms with van der Waals surface area (Å²) >= 11 is 2.93. The van der Waals surface area contributed by atoms with Gasteiger partial charge >= 0.3 is 6.18 Å². The lowest BCUT2D eigenvalue weighted by atomic mass is 9.93. The summed E-state index contributed by atoms with van der Waals surface area (Å²) in [4.78, 5) is 38.5. The molecule has 0 spiro atoms. The fraction of sp³-hybridized carbons (Fsp3) is 0.367. The molecule has 0 radical (unpaired) electrons. The van der Waals surface area contributed by atoms with Crippen molar-refractivity contribution in [2.75, 3.05) is 5.32 Å². The monoisotopic (exact) mass is 655 g/mol. The molecule has 0 bridgehead atoms. The topological polar surface area (TPSA) is 97.9 Å². The zero-order chi connectivity index (χ0) is 30.6. The molecule has 4 heterocycles. The van der Waals surface area contributed by atoms with Crippen molar-refractivity contribution >= 4 is 27.7 Å². The van der Waals surface area contributed by atoms with Crippen LogP contribution in [0, 0.1) is 13.8 Å². The molecular weight excluding hydrogens is 627 g/mol. The van der Waals surface area contributed by atoms with E-state index in [1.165, 1.54) is 28.0 Å². The van der Waals surface area contributed by atoms with Gasteiger partial charge in [-0.15, -0.1) is 0 Å². The molecule has 13 heteroatoms. The van der Waals surface area contributed by atoms with Crippen molar-refractivity contribution in [3.63, 3.8) is 0 Å². The van der Waals surface area contributed by atoms with Gasteiger partial charge in [-0.3, -0.25) is 9.59 Å². The highest BCUT2D eigenvalue weighted by Crippen LogP contribution is 2.36. The first-order valence-electron chi connectivity index (χ1n) is 14.0. The fourth-order valence-corrected chi connectivity index (χ4v) is 6.00. The molecule has 4 aromatic rings. The Kier molecular flexibility index (Phi) is 7.39. The van der Waals surface area contributed by atoms with E-state index in [9.17, 15) is 22.8 Å². The van der Waals surface area contributed by atoms with Gasteiger partial charge in [-0.05, 0) is 82.9 Å². The molecule has 1 amide bonds. The van der Waals surface area contributed by atoms with Crippen LogP contribution in [-0.2, 0) is 19.1 Å². The van der Waals surface area contributed by atoms with Crippen LogP contribution in [0.2, 0.25) is 0 Å². The summed E-state index contributed by atoms with van der Waals surface area (Å²) in [6, 6.07) is 8.87. The van der Waals surface area contributed by atoms with E-state index in [-0.39, 0.29) is 34.5 Å². The van der Waals surface area contributed by atoms with Gasteiger partial charge in [0.05, 0.1) is 35.4 Å². The van der Waals surface area contributed by atoms with Gasteiger partial charge < -0.3 is 10.2 Å². The van der Waals surface area contributed by atoms with Crippen LogP contribution in [0.4, 0.5) is 19.0 Å². The lowest BCUT2D eigenvalue weighted by Gasteiger charge is -2.34. The Hall–Kier alpha value is -4.00. The third kappa shape index (κ3) is 5.46. The number of nitrogens with zero attached hydrogens (tertiary/aromatic N) is 6. The fourth-order valence-electron chi connectivity index (χ4n) is 5.53. The molecule has 6 rings (SSSR count). The van der Waals surface area contributed by atoms with Gasteiger partial charge in [0.1, 0.15) is 5.82 Å². The van der Waals surface area contributed by atoms with Gasteiger partial charge in [-0.2, -0.15) is 18.3 Å². The number of halogens is 4. The Labute approximate surface area is 253 Å². The summed E-state index contributed by atoms with van der Waals surface area (Å²) in [6.07, 6.45) is 0.570. The molecule has 2 aliphatic rings. The van der Waals surface area contributed by atoms with Crippen molar-refractivity contribution in [3.8, 4) is 11.6 Å². The summed E-state index contributed by atoms with van der Waals surface area (Å²) in [5, 5.41) is 7.96. The maximum absolute atomic E-state index is 14.1. The molecule has 1 atom stereocenters. The summed E-state index contributed by atoms with van der Waals surface area (Å²) < 4.78 is 43.6. The number of rotatable bonds is 5. The highest BCUT2D eigenvalue weighted by atomic mass is 79.9. The number of benzene rings is 1. The quantitative estimate of drug-likeness (QED) is 0.294. The number of fused-ring (bicyclic) bond motifs is 1. The van der Waals surface area contributed by atoms with Crippen molar-refractivity contribution in [3.05, 3.63) is 91.2 Å². The van der Waals surface area contributed by atoms with Crippen molar-refractivity contribution in [1.29, 1.82) is 0 Å². The standard InChI is InChI=1S/C30H29BrF3N7O2/c1-16-11-18(3)41(38-16)29-37-25-15-39(27(42)19-7-9-24(31)23(13-19)30(32,33)34)17(2)12-22(25)28(43)40(29)21-8-10-26(35-14-21)36-20-5-4-6-20/h7-11,13-14,17,20H,4-6,12,15H2,1-3H3,(H,35,36)/t17-/m1/s1. The summed E-state index contributed by atoms with van der Waals surface area (Å²) in [6.45, 7) is 5.41. The molecule has 3 aromatic heterocycles. The van der Waals surface area contributed by atoms with Crippen molar-refractivity contribution in [2.24, 2.45) is 0 Å². The zero-order valence-corrected chi connectivity index (χ0v) is 25.3. The summed E-state index contributed by atoms with van der Waals surface area (Å²) in [7, 11) is 0. The lowest BCUT2D eigenvalue weighted by Crippen LogP contribution is -2.46. The second-order valence-corrected chi connectivity index (χ2v) is 12.0. The van der Waals surface area contributed by atoms with E-state index >= 15 is 0 Å². The predicted octanol–water partition coefficient (Wildman–Crippen LogP) is 5.76. The summed E-state index contributed by atoms with van der Waals surface area (Å²) in [5.74, 6) is 0.388. The van der Waals surface area contributed by atoms with E-state index in [0.29, 0.717) is 23.0 Å². The van der Waals surface area contributed by atoms with Gasteiger partial charge in [0.2, 0.25) is 5.95 Å². The van der Waals surface area contributed by atoms with Crippen LogP contribution in [0.1, 0.15) is 64.8 Å². The van der Waals surface area contributed by atoms with Crippen molar-refractivity contribution < 1.29 is 18.0 Å². The van der Waals surface area contributed by atoms with Crippen LogP contribution in [0.25, 0.3) is 11.6 Å². The number of aromatic nitrogens is 5. The average Bonchev–Trinajstić information content (AvgIpc) is 3.28. The first-order valence-corrected chi connectivity index (χ1v) is 14.8. The van der Waals surface area contributed by atoms with Crippen molar-refractivity contribution in [1.82, 2.24) is 29.2 Å². The van der Waals surface area contributed by atoms with Crippen LogP contribution in [-0.4, -0.2) is 47.2 Å². The lowest BCUT2D eigenvalue weighted by molar-refractivity contribution is -0.138. The smallest absolute Gasteiger partial charge is 0.367 e. The Morgan fingerprint density at radius 2 is 1.88 bits per heavy atom. The number of alkyl halides is 3. The Bertz CT molecular complexity index is 1780. The van der Waals surface area contributed by atoms with Gasteiger partial charge in [-0.1, -0.05) is 15.9 Å². The number of anilines is 1. The second kappa shape index (κ2) is 10.9. The van der Waals surface area contributed by atoms with Crippen molar-refractivity contribution in [2.45, 2.75) is 71.3 Å². The number of hydrogen-bond donors (Lipinski definition) is 1. The molecule has 1 fully saturated rings. The third-order valence-corrected chi connectivity index (χ3v) is 8.73. The largest absolute Gasteiger partial charge is 0.417 e. The number of pyridine rings is 1. The van der Waals surface area contributed by atoms with E-state index in [1.807, 2.05) is 32.0 Å². The molecule has 1 aliphatic heterocycles. The molecule has 1 aromatic carbocycles. The second-order valence-electron chi connectivity index (χ2n) is 11.2. The van der Waals surface area contributed by atoms with E-state index in [2.05, 4.69) is 31.3 Å².